The van der Waals surface area contributed by atoms with Crippen molar-refractivity contribution in [2.24, 2.45) is 0 Å². The first-order valence-electron chi connectivity index (χ1n) is 8.04. The number of rotatable bonds is 10. The van der Waals surface area contributed by atoms with E-state index in [1.165, 1.54) is 0 Å². The molecule has 0 aromatic rings. The molecule has 0 aromatic heterocycles. The third kappa shape index (κ3) is 6.76. The van der Waals surface area contributed by atoms with Gasteiger partial charge in [-0.1, -0.05) is 25.8 Å². The van der Waals surface area contributed by atoms with Crippen LogP contribution in [-0.4, -0.2) is 29.5 Å². The topological polar surface area (TPSA) is 58.6 Å². The molecule has 1 fully saturated rings. The number of likely N-dealkylation sites (tertiary alicyclic amines) is 1. The molecule has 1 N–H and O–H groups in total. The van der Waals surface area contributed by atoms with E-state index in [-0.39, 0.29) is 18.0 Å². The van der Waals surface area contributed by atoms with Crippen LogP contribution in [0.25, 0.3) is 0 Å². The van der Waals surface area contributed by atoms with Crippen LogP contribution < -0.4 is 5.48 Å². The number of nitrogens with one attached hydrogen (secondary N) is 1. The second kappa shape index (κ2) is 10.4. The predicted molar refractivity (Wildman–Crippen MR) is 82.2 cm³/mol. The first-order valence-corrected chi connectivity index (χ1v) is 8.04. The maximum atomic E-state index is 12.2. The summed E-state index contributed by atoms with van der Waals surface area (Å²) in [7, 11) is 0. The SMILES string of the molecule is C=CCCCCCCC(=O)N1CCCC1ONC(=O)CC. The predicted octanol–water partition coefficient (Wildman–Crippen LogP) is 2.92. The molecule has 1 atom stereocenters. The zero-order valence-corrected chi connectivity index (χ0v) is 13.1. The molecule has 21 heavy (non-hydrogen) atoms. The molecule has 1 aliphatic rings. The standard InChI is InChI=1S/C16H28N2O3/c1-3-5-6-7-8-9-11-15(20)18-13-10-12-16(18)21-17-14(19)4-2/h3,16H,1,4-13H2,2H3,(H,17,19). The molecular weight excluding hydrogens is 268 g/mol. The van der Waals surface area contributed by atoms with Gasteiger partial charge in [0.1, 0.15) is 0 Å². The van der Waals surface area contributed by atoms with Crippen molar-refractivity contribution in [2.75, 3.05) is 6.54 Å². The zero-order valence-electron chi connectivity index (χ0n) is 13.1. The summed E-state index contributed by atoms with van der Waals surface area (Å²) in [5.41, 5.74) is 2.41. The normalized spacial score (nSPS) is 17.8. The van der Waals surface area contributed by atoms with Gasteiger partial charge in [-0.3, -0.25) is 9.59 Å². The number of carbonyl (C=O) groups excluding carboxylic acids is 2. The molecular formula is C16H28N2O3. The van der Waals surface area contributed by atoms with Gasteiger partial charge in [0.2, 0.25) is 11.8 Å². The van der Waals surface area contributed by atoms with Gasteiger partial charge in [-0.2, -0.15) is 0 Å². The van der Waals surface area contributed by atoms with Gasteiger partial charge in [0.15, 0.2) is 6.23 Å². The average molecular weight is 296 g/mol. The lowest BCUT2D eigenvalue weighted by molar-refractivity contribution is -0.159. The number of hydrogen-bond acceptors (Lipinski definition) is 3. The highest BCUT2D eigenvalue weighted by Gasteiger charge is 2.29. The number of carbonyl (C=O) groups is 2. The summed E-state index contributed by atoms with van der Waals surface area (Å²) < 4.78 is 0. The van der Waals surface area contributed by atoms with Crippen molar-refractivity contribution in [1.29, 1.82) is 0 Å². The van der Waals surface area contributed by atoms with Crippen molar-refractivity contribution in [3.8, 4) is 0 Å². The summed E-state index contributed by atoms with van der Waals surface area (Å²) in [6.45, 7) is 6.19. The van der Waals surface area contributed by atoms with E-state index in [9.17, 15) is 9.59 Å². The molecule has 1 heterocycles. The highest BCUT2D eigenvalue weighted by Crippen LogP contribution is 2.19. The highest BCUT2D eigenvalue weighted by molar-refractivity contribution is 5.77. The van der Waals surface area contributed by atoms with Crippen LogP contribution in [0.3, 0.4) is 0 Å². The minimum Gasteiger partial charge on any atom is -0.315 e. The van der Waals surface area contributed by atoms with Crippen LogP contribution in [0.15, 0.2) is 12.7 Å². The van der Waals surface area contributed by atoms with Gasteiger partial charge in [-0.05, 0) is 32.1 Å². The summed E-state index contributed by atoms with van der Waals surface area (Å²) in [5.74, 6) is -0.0246. The Bertz CT molecular complexity index is 344. The number of hydroxylamine groups is 1. The fraction of sp³-hybridized carbons (Fsp3) is 0.750. The maximum absolute atomic E-state index is 12.2. The Morgan fingerprint density at radius 2 is 2.10 bits per heavy atom. The molecule has 0 saturated carbocycles. The Morgan fingerprint density at radius 3 is 2.81 bits per heavy atom. The van der Waals surface area contributed by atoms with Crippen LogP contribution in [0.4, 0.5) is 0 Å². The number of hydrogen-bond donors (Lipinski definition) is 1. The van der Waals surface area contributed by atoms with E-state index < -0.39 is 0 Å². The van der Waals surface area contributed by atoms with Crippen molar-refractivity contribution in [1.82, 2.24) is 10.4 Å². The molecule has 1 aliphatic heterocycles. The fourth-order valence-electron chi connectivity index (χ4n) is 2.41. The third-order valence-electron chi connectivity index (χ3n) is 3.70. The number of nitrogens with zero attached hydrogens (tertiary/aromatic N) is 1. The van der Waals surface area contributed by atoms with Crippen molar-refractivity contribution >= 4 is 11.8 Å². The van der Waals surface area contributed by atoms with E-state index in [0.717, 1.165) is 51.5 Å². The second-order valence-corrected chi connectivity index (χ2v) is 5.42. The summed E-state index contributed by atoms with van der Waals surface area (Å²) in [6.07, 6.45) is 9.63. The quantitative estimate of drug-likeness (QED) is 0.383. The lowest BCUT2D eigenvalue weighted by Crippen LogP contribution is -2.41. The minimum absolute atomic E-state index is 0.131. The van der Waals surface area contributed by atoms with Gasteiger partial charge in [0.05, 0.1) is 0 Å². The Kier molecular flexibility index (Phi) is 8.74. The number of unbranched alkanes of at least 4 members (excludes halogenated alkanes) is 4. The van der Waals surface area contributed by atoms with Gasteiger partial charge in [0.25, 0.3) is 0 Å². The molecule has 1 rings (SSSR count). The maximum Gasteiger partial charge on any atom is 0.243 e. The second-order valence-electron chi connectivity index (χ2n) is 5.42. The van der Waals surface area contributed by atoms with Crippen LogP contribution in [0, 0.1) is 0 Å². The van der Waals surface area contributed by atoms with Crippen molar-refractivity contribution in [2.45, 2.75) is 70.9 Å². The van der Waals surface area contributed by atoms with Gasteiger partial charge in [-0.15, -0.1) is 6.58 Å². The van der Waals surface area contributed by atoms with Crippen LogP contribution in [0.5, 0.6) is 0 Å². The Morgan fingerprint density at radius 1 is 1.33 bits per heavy atom. The van der Waals surface area contributed by atoms with Gasteiger partial charge in [0, 0.05) is 19.4 Å². The number of allylic oxidation sites excluding steroid dienone is 1. The van der Waals surface area contributed by atoms with Gasteiger partial charge >= 0.3 is 0 Å². The molecule has 120 valence electrons. The fourth-order valence-corrected chi connectivity index (χ4v) is 2.41. The molecule has 5 nitrogen and oxygen atoms in total. The van der Waals surface area contributed by atoms with Crippen LogP contribution in [-0.2, 0) is 14.4 Å². The smallest absolute Gasteiger partial charge is 0.243 e. The molecule has 0 radical (unpaired) electrons. The van der Waals surface area contributed by atoms with Crippen LogP contribution in [0.2, 0.25) is 0 Å². The van der Waals surface area contributed by atoms with Crippen molar-refractivity contribution in [3.63, 3.8) is 0 Å². The monoisotopic (exact) mass is 296 g/mol. The molecule has 1 unspecified atom stereocenters. The molecule has 0 bridgehead atoms. The van der Waals surface area contributed by atoms with E-state index in [2.05, 4.69) is 12.1 Å². The van der Waals surface area contributed by atoms with Crippen LogP contribution >= 0.6 is 0 Å². The van der Waals surface area contributed by atoms with E-state index in [1.54, 1.807) is 11.8 Å². The molecule has 0 aromatic carbocycles. The Labute approximate surface area is 127 Å². The van der Waals surface area contributed by atoms with E-state index in [4.69, 9.17) is 4.84 Å². The van der Waals surface area contributed by atoms with E-state index in [0.29, 0.717) is 12.8 Å². The number of amides is 2. The first-order chi connectivity index (χ1) is 10.2. The largest absolute Gasteiger partial charge is 0.315 e. The average Bonchev–Trinajstić information content (AvgIpc) is 2.96. The van der Waals surface area contributed by atoms with Crippen molar-refractivity contribution in [3.05, 3.63) is 12.7 Å². The Hall–Kier alpha value is -1.36. The first kappa shape index (κ1) is 17.7. The summed E-state index contributed by atoms with van der Waals surface area (Å²) in [5, 5.41) is 0. The summed E-state index contributed by atoms with van der Waals surface area (Å²) in [4.78, 5) is 30.5. The van der Waals surface area contributed by atoms with Crippen molar-refractivity contribution < 1.29 is 14.4 Å². The summed E-state index contributed by atoms with van der Waals surface area (Å²) >= 11 is 0. The molecule has 2 amide bonds. The summed E-state index contributed by atoms with van der Waals surface area (Å²) in [6, 6.07) is 0. The van der Waals surface area contributed by atoms with E-state index >= 15 is 0 Å². The Balaban J connectivity index is 2.21. The molecule has 0 spiro atoms. The van der Waals surface area contributed by atoms with Gasteiger partial charge < -0.3 is 4.90 Å². The van der Waals surface area contributed by atoms with E-state index in [1.807, 2.05) is 6.08 Å². The molecule has 0 aliphatic carbocycles. The molecule has 5 heteroatoms. The minimum atomic E-state index is -0.297. The lowest BCUT2D eigenvalue weighted by Gasteiger charge is -2.24. The third-order valence-corrected chi connectivity index (χ3v) is 3.70. The van der Waals surface area contributed by atoms with Crippen LogP contribution in [0.1, 0.15) is 64.7 Å². The molecule has 1 saturated heterocycles. The zero-order chi connectivity index (χ0) is 15.5. The highest BCUT2D eigenvalue weighted by atomic mass is 16.7. The van der Waals surface area contributed by atoms with Gasteiger partial charge in [-0.25, -0.2) is 10.3 Å². The lowest BCUT2D eigenvalue weighted by atomic mass is 10.1.